The Morgan fingerprint density at radius 1 is 0.592 bits per heavy atom. The Balaban J connectivity index is 0.000000255. The van der Waals surface area contributed by atoms with E-state index in [0.29, 0.717) is 39.3 Å². The molecular weight excluding hydrogens is 982 g/mol. The predicted molar refractivity (Wildman–Crippen MR) is 293 cm³/mol. The number of carbonyl (C=O) groups is 4. The van der Waals surface area contributed by atoms with E-state index in [0.717, 1.165) is 93.7 Å². The molecule has 0 aromatic heterocycles. The second kappa shape index (κ2) is 26.4. The molecule has 3 amide bonds. The average molecular weight is 1060 g/mol. The summed E-state index contributed by atoms with van der Waals surface area (Å²) in [5.74, 6) is -0.743. The summed E-state index contributed by atoms with van der Waals surface area (Å²) in [4.78, 5) is 58.4. The van der Waals surface area contributed by atoms with Crippen molar-refractivity contribution in [3.63, 3.8) is 0 Å². The zero-order chi connectivity index (χ0) is 50.0. The third-order valence-corrected chi connectivity index (χ3v) is 14.6. The Bertz CT molecular complexity index is 2370. The van der Waals surface area contributed by atoms with Crippen molar-refractivity contribution in [3.8, 4) is 0 Å². The van der Waals surface area contributed by atoms with E-state index in [1.807, 2.05) is 104 Å². The van der Waals surface area contributed by atoms with E-state index in [9.17, 15) is 19.2 Å². The smallest absolute Gasteiger partial charge is 0.313 e. The molecule has 0 saturated carbocycles. The number of rotatable bonds is 12. The Morgan fingerprint density at radius 3 is 1.34 bits per heavy atom. The number of benzene rings is 4. The molecule has 4 heterocycles. The number of piperidine rings is 2. The van der Waals surface area contributed by atoms with Crippen molar-refractivity contribution in [2.75, 3.05) is 91.2 Å². The van der Waals surface area contributed by atoms with Crippen LogP contribution in [0.4, 0.5) is 11.4 Å². The fraction of sp³-hybridized carbons (Fsp3) is 0.481. The topological polar surface area (TPSA) is 141 Å². The molecule has 4 fully saturated rings. The summed E-state index contributed by atoms with van der Waals surface area (Å²) in [5, 5.41) is 20.3. The number of nitrogens with zero attached hydrogens (tertiary/aromatic N) is 5. The minimum Gasteiger partial charge on any atom is -0.481 e. The maximum absolute atomic E-state index is 13.2. The van der Waals surface area contributed by atoms with E-state index < -0.39 is 16.8 Å². The lowest BCUT2D eigenvalue weighted by atomic mass is 9.82. The van der Waals surface area contributed by atoms with E-state index in [-0.39, 0.29) is 42.5 Å². The number of amides is 3. The van der Waals surface area contributed by atoms with Crippen LogP contribution in [0, 0.1) is 0 Å². The normalized spacial score (nSPS) is 17.0. The van der Waals surface area contributed by atoms with Crippen molar-refractivity contribution in [2.24, 2.45) is 0 Å². The third kappa shape index (κ3) is 15.2. The SMILES string of the molecule is CC(C)(C(=O)O)c1ccccc1.CN(C)C(=O)c1ccc(NC2CN(C3CCN(C(=O)C(C)(C)c4ccccc4)CC3)C2)cc1Cl.CN(C)C(=O)c1ccc(NC2CN(C3CCNCC3)C2)cc1Cl.Cl.Cl. The van der Waals surface area contributed by atoms with Gasteiger partial charge in [-0.15, -0.1) is 24.8 Å². The van der Waals surface area contributed by atoms with Crippen molar-refractivity contribution in [1.29, 1.82) is 0 Å². The highest BCUT2D eigenvalue weighted by molar-refractivity contribution is 6.34. The first-order valence-corrected chi connectivity index (χ1v) is 24.9. The second-order valence-electron chi connectivity index (χ2n) is 20.2. The standard InChI is InChI=1S/C27H35ClN4O2.C17H25ClN4O.C10H12O2.2ClH/c1-27(2,19-8-6-5-7-9-19)26(34)31-14-12-22(13-15-31)32-17-21(18-32)29-20-10-11-23(24(28)16-20)25(33)30(3)4;1-21(2)17(23)15-4-3-12(9-16(15)18)20-13-10-22(11-13)14-5-7-19-8-6-14;1-10(2,9(11)12)8-6-4-3-5-7-8;;/h5-11,16,21-22,29H,12-15,17-18H2,1-4H3;3-4,9,13-14,19-20H,5-8,10-11H2,1-2H3;3-7H,1-2H3,(H,11,12);2*1H. The number of carboxylic acid groups (broad SMARTS) is 1. The van der Waals surface area contributed by atoms with E-state index in [1.165, 1.54) is 22.6 Å². The zero-order valence-electron chi connectivity index (χ0n) is 42.4. The molecule has 388 valence electrons. The number of hydrogen-bond acceptors (Lipinski definition) is 9. The van der Waals surface area contributed by atoms with Gasteiger partial charge in [0.1, 0.15) is 0 Å². The van der Waals surface area contributed by atoms with Crippen molar-refractivity contribution in [3.05, 3.63) is 129 Å². The molecular formula is C54H74Cl4N8O5. The van der Waals surface area contributed by atoms with Gasteiger partial charge in [-0.3, -0.25) is 29.0 Å². The molecule has 13 nitrogen and oxygen atoms in total. The number of likely N-dealkylation sites (tertiary alicyclic amines) is 3. The number of anilines is 2. The number of halogens is 4. The fourth-order valence-corrected chi connectivity index (χ4v) is 9.79. The molecule has 0 atom stereocenters. The van der Waals surface area contributed by atoms with Crippen LogP contribution in [0.25, 0.3) is 0 Å². The number of aliphatic carboxylic acids is 1. The maximum atomic E-state index is 13.2. The van der Waals surface area contributed by atoms with Crippen LogP contribution < -0.4 is 16.0 Å². The molecule has 71 heavy (non-hydrogen) atoms. The highest BCUT2D eigenvalue weighted by Crippen LogP contribution is 2.31. The van der Waals surface area contributed by atoms with Gasteiger partial charge >= 0.3 is 5.97 Å². The first-order chi connectivity index (χ1) is 32.8. The van der Waals surface area contributed by atoms with E-state index >= 15 is 0 Å². The number of hydrogen-bond donors (Lipinski definition) is 4. The summed E-state index contributed by atoms with van der Waals surface area (Å²) in [7, 11) is 6.90. The Morgan fingerprint density at radius 2 is 0.972 bits per heavy atom. The van der Waals surface area contributed by atoms with Gasteiger partial charge in [0.15, 0.2) is 0 Å². The largest absolute Gasteiger partial charge is 0.481 e. The Labute approximate surface area is 443 Å². The summed E-state index contributed by atoms with van der Waals surface area (Å²) in [6.07, 6.45) is 4.52. The van der Waals surface area contributed by atoms with E-state index in [4.69, 9.17) is 28.3 Å². The van der Waals surface area contributed by atoms with Crippen LogP contribution in [0.5, 0.6) is 0 Å². The summed E-state index contributed by atoms with van der Waals surface area (Å²) >= 11 is 12.6. The zero-order valence-corrected chi connectivity index (χ0v) is 45.6. The lowest BCUT2D eigenvalue weighted by molar-refractivity contribution is -0.142. The van der Waals surface area contributed by atoms with Crippen LogP contribution in [-0.2, 0) is 20.4 Å². The molecule has 0 spiro atoms. The van der Waals surface area contributed by atoms with Gasteiger partial charge in [-0.25, -0.2) is 0 Å². The molecule has 17 heteroatoms. The number of nitrogens with one attached hydrogen (secondary N) is 3. The van der Waals surface area contributed by atoms with Crippen LogP contribution >= 0.6 is 48.0 Å². The Kier molecular flexibility index (Phi) is 21.9. The van der Waals surface area contributed by atoms with Gasteiger partial charge in [0.25, 0.3) is 11.8 Å². The van der Waals surface area contributed by atoms with Crippen LogP contribution in [0.2, 0.25) is 10.0 Å². The summed E-state index contributed by atoms with van der Waals surface area (Å²) in [6, 6.07) is 32.5. The molecule has 4 saturated heterocycles. The van der Waals surface area contributed by atoms with Gasteiger partial charge in [-0.1, -0.05) is 83.9 Å². The molecule has 4 aromatic rings. The lowest BCUT2D eigenvalue weighted by Gasteiger charge is -2.48. The van der Waals surface area contributed by atoms with Crippen LogP contribution in [0.3, 0.4) is 0 Å². The lowest BCUT2D eigenvalue weighted by Crippen LogP contribution is -2.61. The quantitative estimate of drug-likeness (QED) is 0.109. The molecule has 8 rings (SSSR count). The average Bonchev–Trinajstić information content (AvgIpc) is 3.31. The second-order valence-corrected chi connectivity index (χ2v) is 21.0. The third-order valence-electron chi connectivity index (χ3n) is 13.9. The predicted octanol–water partition coefficient (Wildman–Crippen LogP) is 8.89. The minimum absolute atomic E-state index is 0. The van der Waals surface area contributed by atoms with Gasteiger partial charge < -0.3 is 35.8 Å². The van der Waals surface area contributed by atoms with Gasteiger partial charge in [0, 0.05) is 90.9 Å². The summed E-state index contributed by atoms with van der Waals surface area (Å²) in [6.45, 7) is 15.5. The van der Waals surface area contributed by atoms with Crippen LogP contribution in [0.1, 0.15) is 85.2 Å². The van der Waals surface area contributed by atoms with Crippen LogP contribution in [-0.4, -0.2) is 158 Å². The van der Waals surface area contributed by atoms with E-state index in [2.05, 4.69) is 25.8 Å². The summed E-state index contributed by atoms with van der Waals surface area (Å²) in [5.41, 5.74) is 3.59. The van der Waals surface area contributed by atoms with E-state index in [1.54, 1.807) is 54.2 Å². The monoisotopic (exact) mass is 1050 g/mol. The van der Waals surface area contributed by atoms with Crippen molar-refractivity contribution < 1.29 is 24.3 Å². The van der Waals surface area contributed by atoms with Crippen molar-refractivity contribution in [1.82, 2.24) is 29.8 Å². The summed E-state index contributed by atoms with van der Waals surface area (Å²) < 4.78 is 0. The number of carboxylic acids is 1. The molecule has 4 aromatic carbocycles. The molecule has 0 unspecified atom stereocenters. The molecule has 4 aliphatic heterocycles. The molecule has 4 N–H and O–H groups in total. The molecule has 4 aliphatic rings. The highest BCUT2D eigenvalue weighted by Gasteiger charge is 2.39. The Hall–Kier alpha value is -4.60. The highest BCUT2D eigenvalue weighted by atomic mass is 35.5. The molecule has 0 aliphatic carbocycles. The fourth-order valence-electron chi connectivity index (χ4n) is 9.27. The van der Waals surface area contributed by atoms with Gasteiger partial charge in [-0.05, 0) is 114 Å². The number of carbonyl (C=O) groups excluding carboxylic acids is 3. The van der Waals surface area contributed by atoms with Crippen molar-refractivity contribution in [2.45, 2.75) is 88.4 Å². The molecule has 0 bridgehead atoms. The molecule has 0 radical (unpaired) electrons. The maximum Gasteiger partial charge on any atom is 0.313 e. The van der Waals surface area contributed by atoms with Crippen LogP contribution in [0.15, 0.2) is 97.1 Å². The van der Waals surface area contributed by atoms with Gasteiger partial charge in [0.2, 0.25) is 5.91 Å². The van der Waals surface area contributed by atoms with Gasteiger partial charge in [0.05, 0.1) is 44.1 Å². The first-order valence-electron chi connectivity index (χ1n) is 24.1. The first kappa shape index (κ1) is 59.0. The van der Waals surface area contributed by atoms with Crippen molar-refractivity contribution >= 4 is 83.1 Å². The minimum atomic E-state index is -0.797. The van der Waals surface area contributed by atoms with Gasteiger partial charge in [-0.2, -0.15) is 0 Å².